The van der Waals surface area contributed by atoms with Crippen LogP contribution in [0.1, 0.15) is 28.8 Å². The number of hydrogen-bond donors (Lipinski definition) is 0. The smallest absolute Gasteiger partial charge is 0.339 e. The van der Waals surface area contributed by atoms with Gasteiger partial charge < -0.3 is 4.74 Å². The first-order chi connectivity index (χ1) is 12.3. The van der Waals surface area contributed by atoms with Gasteiger partial charge in [0.05, 0.1) is 17.1 Å². The summed E-state index contributed by atoms with van der Waals surface area (Å²) in [6.07, 6.45) is 1.14. The van der Waals surface area contributed by atoms with Gasteiger partial charge in [-0.3, -0.25) is 0 Å². The molecule has 0 radical (unpaired) electrons. The van der Waals surface area contributed by atoms with Crippen LogP contribution >= 0.6 is 23.2 Å². The van der Waals surface area contributed by atoms with E-state index in [9.17, 15) is 13.2 Å². The van der Waals surface area contributed by atoms with Crippen LogP contribution < -0.4 is 0 Å². The van der Waals surface area contributed by atoms with Gasteiger partial charge in [0.15, 0.2) is 5.60 Å². The van der Waals surface area contributed by atoms with Gasteiger partial charge in [0.1, 0.15) is 4.90 Å². The molecule has 0 N–H and O–H groups in total. The molecule has 0 aromatic heterocycles. The number of piperidine rings is 1. The van der Waals surface area contributed by atoms with Crippen molar-refractivity contribution in [2.75, 3.05) is 13.1 Å². The van der Waals surface area contributed by atoms with E-state index < -0.39 is 21.6 Å². The van der Waals surface area contributed by atoms with Crippen molar-refractivity contribution in [3.05, 3.63) is 63.6 Å². The SMILES string of the molecule is O=C1OC2(CCCN(S(=O)(=O)c3cc(Cl)ccc3Cl)C2)c2ccccc21. The van der Waals surface area contributed by atoms with Gasteiger partial charge >= 0.3 is 5.97 Å². The highest BCUT2D eigenvalue weighted by Crippen LogP contribution is 2.44. The normalized spacial score (nSPS) is 23.1. The summed E-state index contributed by atoms with van der Waals surface area (Å²) in [5, 5.41) is 0.398. The second-order valence-electron chi connectivity index (χ2n) is 6.45. The molecule has 2 aromatic rings. The van der Waals surface area contributed by atoms with Crippen molar-refractivity contribution in [1.82, 2.24) is 4.31 Å². The number of hydrogen-bond acceptors (Lipinski definition) is 4. The van der Waals surface area contributed by atoms with Crippen molar-refractivity contribution in [3.63, 3.8) is 0 Å². The van der Waals surface area contributed by atoms with Crippen LogP contribution in [0.15, 0.2) is 47.4 Å². The van der Waals surface area contributed by atoms with Gasteiger partial charge in [-0.15, -0.1) is 0 Å². The first kappa shape index (κ1) is 17.8. The molecule has 26 heavy (non-hydrogen) atoms. The Labute approximate surface area is 161 Å². The molecule has 2 aliphatic rings. The molecule has 136 valence electrons. The van der Waals surface area contributed by atoms with Crippen molar-refractivity contribution in [2.24, 2.45) is 0 Å². The van der Waals surface area contributed by atoms with E-state index in [4.69, 9.17) is 27.9 Å². The molecule has 1 saturated heterocycles. The highest BCUT2D eigenvalue weighted by molar-refractivity contribution is 7.89. The van der Waals surface area contributed by atoms with Crippen LogP contribution in [0.5, 0.6) is 0 Å². The van der Waals surface area contributed by atoms with E-state index in [0.717, 1.165) is 5.56 Å². The standard InChI is InChI=1S/C18H15Cl2NO4S/c19-12-6-7-15(20)16(10-12)26(23,24)21-9-3-8-18(11-21)14-5-2-1-4-13(14)17(22)25-18/h1-2,4-7,10H,3,8-9,11H2. The summed E-state index contributed by atoms with van der Waals surface area (Å²) in [7, 11) is -3.87. The second-order valence-corrected chi connectivity index (χ2v) is 9.20. The molecule has 8 heteroatoms. The number of halogens is 2. The Kier molecular flexibility index (Phi) is 4.27. The summed E-state index contributed by atoms with van der Waals surface area (Å²) >= 11 is 12.1. The fourth-order valence-electron chi connectivity index (χ4n) is 3.65. The highest BCUT2D eigenvalue weighted by Gasteiger charge is 2.50. The minimum absolute atomic E-state index is 0.0404. The lowest BCUT2D eigenvalue weighted by Gasteiger charge is -2.38. The van der Waals surface area contributed by atoms with E-state index in [2.05, 4.69) is 0 Å². The minimum Gasteiger partial charge on any atom is -0.449 e. The van der Waals surface area contributed by atoms with Gasteiger partial charge in [-0.05, 0) is 37.1 Å². The van der Waals surface area contributed by atoms with E-state index in [1.165, 1.54) is 22.5 Å². The van der Waals surface area contributed by atoms with Crippen molar-refractivity contribution in [2.45, 2.75) is 23.3 Å². The van der Waals surface area contributed by atoms with Crippen LogP contribution in [0.4, 0.5) is 0 Å². The zero-order chi connectivity index (χ0) is 18.5. The Balaban J connectivity index is 1.74. The molecule has 0 aliphatic carbocycles. The molecule has 1 fully saturated rings. The average Bonchev–Trinajstić information content (AvgIpc) is 2.89. The van der Waals surface area contributed by atoms with Crippen molar-refractivity contribution < 1.29 is 17.9 Å². The van der Waals surface area contributed by atoms with E-state index in [1.807, 2.05) is 12.1 Å². The Morgan fingerprint density at radius 1 is 1.12 bits per heavy atom. The summed E-state index contributed by atoms with van der Waals surface area (Å²) in [6, 6.07) is 11.5. The van der Waals surface area contributed by atoms with Crippen LogP contribution in [-0.2, 0) is 20.4 Å². The maximum Gasteiger partial charge on any atom is 0.339 e. The molecule has 1 atom stereocenters. The number of carbonyl (C=O) groups excluding carboxylic acids is 1. The number of nitrogens with zero attached hydrogens (tertiary/aromatic N) is 1. The highest BCUT2D eigenvalue weighted by atomic mass is 35.5. The second kappa shape index (κ2) is 6.23. The predicted molar refractivity (Wildman–Crippen MR) is 98.0 cm³/mol. The topological polar surface area (TPSA) is 63.7 Å². The Bertz CT molecular complexity index is 1010. The lowest BCUT2D eigenvalue weighted by atomic mass is 9.86. The minimum atomic E-state index is -3.87. The third-order valence-corrected chi connectivity index (χ3v) is 7.42. The van der Waals surface area contributed by atoms with Crippen molar-refractivity contribution in [3.8, 4) is 0 Å². The van der Waals surface area contributed by atoms with Crippen molar-refractivity contribution in [1.29, 1.82) is 0 Å². The van der Waals surface area contributed by atoms with Gasteiger partial charge in [-0.1, -0.05) is 41.4 Å². The van der Waals surface area contributed by atoms with Crippen LogP contribution in [-0.4, -0.2) is 31.8 Å². The first-order valence-electron chi connectivity index (χ1n) is 8.12. The molecular weight excluding hydrogens is 397 g/mol. The number of carbonyl (C=O) groups is 1. The predicted octanol–water partition coefficient (Wildman–Crippen LogP) is 3.84. The first-order valence-corrected chi connectivity index (χ1v) is 10.3. The molecule has 5 nitrogen and oxygen atoms in total. The Morgan fingerprint density at radius 2 is 1.88 bits per heavy atom. The average molecular weight is 412 g/mol. The molecule has 1 unspecified atom stereocenters. The molecule has 2 aliphatic heterocycles. The fraction of sp³-hybridized carbons (Fsp3) is 0.278. The van der Waals surface area contributed by atoms with Gasteiger partial charge in [-0.2, -0.15) is 4.31 Å². The van der Waals surface area contributed by atoms with Crippen molar-refractivity contribution >= 4 is 39.2 Å². The number of esters is 1. The van der Waals surface area contributed by atoms with Gasteiger partial charge in [-0.25, -0.2) is 13.2 Å². The number of sulfonamides is 1. The number of ether oxygens (including phenoxy) is 1. The molecule has 4 rings (SSSR count). The molecule has 1 spiro atoms. The quantitative estimate of drug-likeness (QED) is 0.704. The maximum absolute atomic E-state index is 13.1. The van der Waals surface area contributed by atoms with Crippen LogP contribution in [0, 0.1) is 0 Å². The zero-order valence-electron chi connectivity index (χ0n) is 13.6. The summed E-state index contributed by atoms with van der Waals surface area (Å²) in [5.74, 6) is -0.416. The monoisotopic (exact) mass is 411 g/mol. The van der Waals surface area contributed by atoms with E-state index in [1.54, 1.807) is 12.1 Å². The summed E-state index contributed by atoms with van der Waals surface area (Å²) < 4.78 is 33.3. The largest absolute Gasteiger partial charge is 0.449 e. The number of benzene rings is 2. The fourth-order valence-corrected chi connectivity index (χ4v) is 5.92. The molecule has 2 heterocycles. The summed E-state index contributed by atoms with van der Waals surface area (Å²) in [5.41, 5.74) is 0.277. The van der Waals surface area contributed by atoms with Gasteiger partial charge in [0.2, 0.25) is 10.0 Å². The number of rotatable bonds is 2. The summed E-state index contributed by atoms with van der Waals surface area (Å²) in [6.45, 7) is 0.383. The van der Waals surface area contributed by atoms with Gasteiger partial charge in [0.25, 0.3) is 0 Å². The van der Waals surface area contributed by atoms with Crippen LogP contribution in [0.25, 0.3) is 0 Å². The van der Waals surface area contributed by atoms with Gasteiger partial charge in [0, 0.05) is 17.1 Å². The van der Waals surface area contributed by atoms with E-state index in [0.29, 0.717) is 24.9 Å². The lowest BCUT2D eigenvalue weighted by molar-refractivity contribution is -0.0345. The molecular formula is C18H15Cl2NO4S. The third kappa shape index (κ3) is 2.72. The summed E-state index contributed by atoms with van der Waals surface area (Å²) in [4.78, 5) is 12.2. The molecule has 2 aromatic carbocycles. The third-order valence-electron chi connectivity index (χ3n) is 4.86. The van der Waals surface area contributed by atoms with E-state index >= 15 is 0 Å². The van der Waals surface area contributed by atoms with E-state index in [-0.39, 0.29) is 21.5 Å². The lowest BCUT2D eigenvalue weighted by Crippen LogP contribution is -2.48. The Hall–Kier alpha value is -1.60. The van der Waals surface area contributed by atoms with Crippen LogP contribution in [0.3, 0.4) is 0 Å². The van der Waals surface area contributed by atoms with Crippen LogP contribution in [0.2, 0.25) is 10.0 Å². The molecule has 0 saturated carbocycles. The maximum atomic E-state index is 13.1. The zero-order valence-corrected chi connectivity index (χ0v) is 15.9. The Morgan fingerprint density at radius 3 is 2.69 bits per heavy atom. The molecule has 0 bridgehead atoms. The number of fused-ring (bicyclic) bond motifs is 2. The molecule has 0 amide bonds.